The highest BCUT2D eigenvalue weighted by molar-refractivity contribution is 5.94. The summed E-state index contributed by atoms with van der Waals surface area (Å²) < 4.78 is 0. The summed E-state index contributed by atoms with van der Waals surface area (Å²) in [5, 5.41) is 3.36. The molecule has 20 heavy (non-hydrogen) atoms. The number of piperazine rings is 1. The van der Waals surface area contributed by atoms with E-state index in [0.717, 1.165) is 38.3 Å². The summed E-state index contributed by atoms with van der Waals surface area (Å²) in [6.07, 6.45) is 4.46. The summed E-state index contributed by atoms with van der Waals surface area (Å²) >= 11 is 0. The first-order valence-corrected chi connectivity index (χ1v) is 7.29. The highest BCUT2D eigenvalue weighted by atomic mass is 16.2. The average Bonchev–Trinajstić information content (AvgIpc) is 2.47. The second kappa shape index (κ2) is 6.70. The predicted octanol–water partition coefficient (Wildman–Crippen LogP) is 1.68. The number of pyridine rings is 1. The lowest BCUT2D eigenvalue weighted by molar-refractivity contribution is 0.0663. The van der Waals surface area contributed by atoms with Crippen LogP contribution in [0.3, 0.4) is 0 Å². The summed E-state index contributed by atoms with van der Waals surface area (Å²) in [6.45, 7) is 7.70. The maximum atomic E-state index is 12.5. The number of amides is 1. The molecular weight excluding hydrogens is 252 g/mol. The molecule has 0 radical (unpaired) electrons. The second-order valence-electron chi connectivity index (χ2n) is 5.51. The molecule has 1 aliphatic heterocycles. The summed E-state index contributed by atoms with van der Waals surface area (Å²) in [7, 11) is 2.08. The Kier molecular flexibility index (Phi) is 4.95. The Bertz CT molecular complexity index is 455. The Morgan fingerprint density at radius 1 is 1.35 bits per heavy atom. The molecular formula is C15H24N4O. The molecule has 0 bridgehead atoms. The number of nitrogens with zero attached hydrogens (tertiary/aromatic N) is 3. The first-order chi connectivity index (χ1) is 9.60. The van der Waals surface area contributed by atoms with Crippen LogP contribution in [0.25, 0.3) is 0 Å². The first-order valence-electron chi connectivity index (χ1n) is 7.29. The van der Waals surface area contributed by atoms with E-state index in [9.17, 15) is 4.79 Å². The smallest absolute Gasteiger partial charge is 0.255 e. The van der Waals surface area contributed by atoms with Gasteiger partial charge in [-0.3, -0.25) is 9.78 Å². The molecule has 1 fully saturated rings. The van der Waals surface area contributed by atoms with Crippen molar-refractivity contribution in [1.82, 2.24) is 14.8 Å². The lowest BCUT2D eigenvalue weighted by Gasteiger charge is -2.32. The van der Waals surface area contributed by atoms with Gasteiger partial charge >= 0.3 is 0 Å². The molecule has 1 atom stereocenters. The molecule has 1 N–H and O–H groups in total. The molecule has 5 heteroatoms. The molecule has 0 aliphatic carbocycles. The van der Waals surface area contributed by atoms with Crippen LogP contribution in [0.1, 0.15) is 30.6 Å². The minimum absolute atomic E-state index is 0.0819. The minimum atomic E-state index is 0.0819. The second-order valence-corrected chi connectivity index (χ2v) is 5.51. The highest BCUT2D eigenvalue weighted by Crippen LogP contribution is 2.13. The topological polar surface area (TPSA) is 48.5 Å². The van der Waals surface area contributed by atoms with Crippen LogP contribution in [-0.2, 0) is 0 Å². The molecule has 5 nitrogen and oxygen atoms in total. The van der Waals surface area contributed by atoms with E-state index in [1.54, 1.807) is 12.4 Å². The molecule has 1 aromatic heterocycles. The number of anilines is 1. The largest absolute Gasteiger partial charge is 0.381 e. The SMILES string of the molecule is CCC(C)Nc1cncc(C(=O)N2CCN(C)CC2)c1. The maximum absolute atomic E-state index is 12.5. The number of carbonyl (C=O) groups excluding carboxylic acids is 1. The molecule has 0 saturated carbocycles. The summed E-state index contributed by atoms with van der Waals surface area (Å²) in [5.74, 6) is 0.0819. The molecule has 1 aromatic rings. The van der Waals surface area contributed by atoms with Crippen LogP contribution < -0.4 is 5.32 Å². The Morgan fingerprint density at radius 2 is 2.05 bits per heavy atom. The fourth-order valence-corrected chi connectivity index (χ4v) is 2.21. The fraction of sp³-hybridized carbons (Fsp3) is 0.600. The average molecular weight is 276 g/mol. The van der Waals surface area contributed by atoms with Crippen molar-refractivity contribution in [3.63, 3.8) is 0 Å². The third-order valence-electron chi connectivity index (χ3n) is 3.80. The molecule has 1 amide bonds. The number of nitrogens with one attached hydrogen (secondary N) is 1. The number of hydrogen-bond donors (Lipinski definition) is 1. The third-order valence-corrected chi connectivity index (χ3v) is 3.80. The molecule has 1 aliphatic rings. The van der Waals surface area contributed by atoms with E-state index in [2.05, 4.69) is 36.1 Å². The van der Waals surface area contributed by atoms with Crippen molar-refractivity contribution in [2.75, 3.05) is 38.5 Å². The van der Waals surface area contributed by atoms with E-state index < -0.39 is 0 Å². The zero-order valence-electron chi connectivity index (χ0n) is 12.6. The molecule has 1 saturated heterocycles. The van der Waals surface area contributed by atoms with Gasteiger partial charge < -0.3 is 15.1 Å². The van der Waals surface area contributed by atoms with Crippen LogP contribution in [0.15, 0.2) is 18.5 Å². The fourth-order valence-electron chi connectivity index (χ4n) is 2.21. The minimum Gasteiger partial charge on any atom is -0.381 e. The van der Waals surface area contributed by atoms with E-state index in [4.69, 9.17) is 0 Å². The molecule has 2 rings (SSSR count). The number of carbonyl (C=O) groups is 1. The van der Waals surface area contributed by atoms with Gasteiger partial charge in [-0.1, -0.05) is 6.92 Å². The number of likely N-dealkylation sites (N-methyl/N-ethyl adjacent to an activating group) is 1. The van der Waals surface area contributed by atoms with Crippen molar-refractivity contribution in [2.24, 2.45) is 0 Å². The van der Waals surface area contributed by atoms with E-state index in [1.807, 2.05) is 11.0 Å². The predicted molar refractivity (Wildman–Crippen MR) is 81.0 cm³/mol. The van der Waals surface area contributed by atoms with Gasteiger partial charge in [-0.25, -0.2) is 0 Å². The Morgan fingerprint density at radius 3 is 2.70 bits per heavy atom. The summed E-state index contributed by atoms with van der Waals surface area (Å²) in [4.78, 5) is 20.8. The van der Waals surface area contributed by atoms with Crippen molar-refractivity contribution in [3.8, 4) is 0 Å². The zero-order valence-corrected chi connectivity index (χ0v) is 12.6. The van der Waals surface area contributed by atoms with Gasteiger partial charge in [-0.15, -0.1) is 0 Å². The van der Waals surface area contributed by atoms with Crippen molar-refractivity contribution >= 4 is 11.6 Å². The zero-order chi connectivity index (χ0) is 14.5. The van der Waals surface area contributed by atoms with Crippen LogP contribution in [0.2, 0.25) is 0 Å². The number of aromatic nitrogens is 1. The normalized spacial score (nSPS) is 17.9. The first kappa shape index (κ1) is 14.8. The Balaban J connectivity index is 2.04. The van der Waals surface area contributed by atoms with E-state index >= 15 is 0 Å². The molecule has 0 aromatic carbocycles. The molecule has 1 unspecified atom stereocenters. The summed E-state index contributed by atoms with van der Waals surface area (Å²) in [5.41, 5.74) is 1.59. The van der Waals surface area contributed by atoms with Gasteiger partial charge in [-0.2, -0.15) is 0 Å². The monoisotopic (exact) mass is 276 g/mol. The van der Waals surface area contributed by atoms with Crippen LogP contribution in [0, 0.1) is 0 Å². The van der Waals surface area contributed by atoms with Crippen molar-refractivity contribution < 1.29 is 4.79 Å². The lowest BCUT2D eigenvalue weighted by atomic mass is 10.2. The van der Waals surface area contributed by atoms with E-state index in [1.165, 1.54) is 0 Å². The van der Waals surface area contributed by atoms with Crippen molar-refractivity contribution in [2.45, 2.75) is 26.3 Å². The van der Waals surface area contributed by atoms with E-state index in [-0.39, 0.29) is 5.91 Å². The van der Waals surface area contributed by atoms with Gasteiger partial charge in [0.05, 0.1) is 11.3 Å². The van der Waals surface area contributed by atoms with Gasteiger partial charge in [-0.05, 0) is 26.5 Å². The Labute approximate surface area is 121 Å². The van der Waals surface area contributed by atoms with Crippen LogP contribution in [0.5, 0.6) is 0 Å². The van der Waals surface area contributed by atoms with E-state index in [0.29, 0.717) is 11.6 Å². The number of hydrogen-bond acceptors (Lipinski definition) is 4. The van der Waals surface area contributed by atoms with Gasteiger partial charge in [0.25, 0.3) is 5.91 Å². The van der Waals surface area contributed by atoms with Gasteiger partial charge in [0.15, 0.2) is 0 Å². The van der Waals surface area contributed by atoms with Gasteiger partial charge in [0.1, 0.15) is 0 Å². The lowest BCUT2D eigenvalue weighted by Crippen LogP contribution is -2.47. The summed E-state index contributed by atoms with van der Waals surface area (Å²) in [6, 6.07) is 2.28. The number of rotatable bonds is 4. The molecule has 0 spiro atoms. The van der Waals surface area contributed by atoms with Gasteiger partial charge in [0, 0.05) is 44.6 Å². The highest BCUT2D eigenvalue weighted by Gasteiger charge is 2.20. The molecule has 110 valence electrons. The standard InChI is InChI=1S/C15H24N4O/c1-4-12(2)17-14-9-13(10-16-11-14)15(20)19-7-5-18(3)6-8-19/h9-12,17H,4-8H2,1-3H3. The van der Waals surface area contributed by atoms with Gasteiger partial charge in [0.2, 0.25) is 0 Å². The maximum Gasteiger partial charge on any atom is 0.255 e. The van der Waals surface area contributed by atoms with Crippen LogP contribution in [-0.4, -0.2) is 60.0 Å². The third kappa shape index (κ3) is 3.70. The van der Waals surface area contributed by atoms with Crippen LogP contribution in [0.4, 0.5) is 5.69 Å². The quantitative estimate of drug-likeness (QED) is 0.909. The molecule has 2 heterocycles. The Hall–Kier alpha value is -1.62. The van der Waals surface area contributed by atoms with Crippen molar-refractivity contribution in [3.05, 3.63) is 24.0 Å². The van der Waals surface area contributed by atoms with Crippen LogP contribution >= 0.6 is 0 Å². The van der Waals surface area contributed by atoms with Crippen molar-refractivity contribution in [1.29, 1.82) is 0 Å².